The summed E-state index contributed by atoms with van der Waals surface area (Å²) in [7, 11) is 1.27. The van der Waals surface area contributed by atoms with Crippen LogP contribution in [0.3, 0.4) is 0 Å². The molecule has 1 aromatic rings. The minimum absolute atomic E-state index is 0.149. The fourth-order valence-corrected chi connectivity index (χ4v) is 3.54. The number of benzene rings is 1. The first-order valence-electron chi connectivity index (χ1n) is 8.47. The molecule has 1 aliphatic carbocycles. The van der Waals surface area contributed by atoms with E-state index in [9.17, 15) is 4.79 Å². The summed E-state index contributed by atoms with van der Waals surface area (Å²) in [6.07, 6.45) is 1.68. The van der Waals surface area contributed by atoms with Gasteiger partial charge >= 0.3 is 5.97 Å². The molecule has 1 fully saturated rings. The number of hydrogen-bond acceptors (Lipinski definition) is 4. The second-order valence-electron chi connectivity index (χ2n) is 8.15. The van der Waals surface area contributed by atoms with Crippen molar-refractivity contribution < 1.29 is 18.7 Å². The lowest BCUT2D eigenvalue weighted by Crippen LogP contribution is -2.40. The highest BCUT2D eigenvalue weighted by molar-refractivity contribution is 6.74. The highest BCUT2D eigenvalue weighted by Gasteiger charge is 2.52. The van der Waals surface area contributed by atoms with Gasteiger partial charge in [-0.1, -0.05) is 26.8 Å². The summed E-state index contributed by atoms with van der Waals surface area (Å²) in [5.74, 6) is 0.655. The van der Waals surface area contributed by atoms with Gasteiger partial charge in [-0.05, 0) is 48.7 Å². The largest absolute Gasteiger partial charge is 0.496 e. The molecule has 1 saturated carbocycles. The molecular weight excluding hydrogens is 320 g/mol. The normalized spacial score (nSPS) is 16.6. The number of hydrogen-bond donors (Lipinski definition) is 0. The summed E-state index contributed by atoms with van der Waals surface area (Å²) in [6.45, 7) is 11.7. The molecule has 0 unspecified atom stereocenters. The maximum absolute atomic E-state index is 12.1. The van der Waals surface area contributed by atoms with Crippen molar-refractivity contribution >= 4 is 14.3 Å². The molecule has 0 bridgehead atoms. The number of methoxy groups -OCH3 is 2. The Labute approximate surface area is 146 Å². The van der Waals surface area contributed by atoms with E-state index in [4.69, 9.17) is 13.9 Å². The fourth-order valence-electron chi connectivity index (χ4n) is 2.59. The maximum Gasteiger partial charge on any atom is 0.316 e. The standard InChI is InChI=1S/C19H30O4Si/c1-18(2,3)24(6,7)23-13-14-12-15(8-9-16(14)21-4)19(10-11-19)17(20)22-5/h8-9,12H,10-11,13H2,1-7H3. The average molecular weight is 351 g/mol. The summed E-state index contributed by atoms with van der Waals surface area (Å²) in [4.78, 5) is 12.1. The van der Waals surface area contributed by atoms with E-state index in [-0.39, 0.29) is 11.0 Å². The van der Waals surface area contributed by atoms with Crippen LogP contribution in [0.4, 0.5) is 0 Å². The quantitative estimate of drug-likeness (QED) is 0.563. The predicted octanol–water partition coefficient (Wildman–Crippen LogP) is 4.42. The van der Waals surface area contributed by atoms with Crippen molar-refractivity contribution in [3.63, 3.8) is 0 Å². The third-order valence-corrected chi connectivity index (χ3v) is 10.0. The Kier molecular flexibility index (Phi) is 5.16. The number of ether oxygens (including phenoxy) is 2. The van der Waals surface area contributed by atoms with Crippen molar-refractivity contribution in [2.24, 2.45) is 0 Å². The molecule has 1 aliphatic rings. The van der Waals surface area contributed by atoms with E-state index in [1.54, 1.807) is 7.11 Å². The number of carbonyl (C=O) groups is 1. The van der Waals surface area contributed by atoms with Gasteiger partial charge in [0, 0.05) is 5.56 Å². The number of rotatable bonds is 6. The van der Waals surface area contributed by atoms with Gasteiger partial charge in [-0.3, -0.25) is 4.79 Å². The third kappa shape index (κ3) is 3.52. The van der Waals surface area contributed by atoms with Crippen LogP contribution in [0.1, 0.15) is 44.7 Å². The van der Waals surface area contributed by atoms with Crippen molar-refractivity contribution in [1.82, 2.24) is 0 Å². The zero-order valence-electron chi connectivity index (χ0n) is 16.0. The molecular formula is C19H30O4Si. The molecule has 4 nitrogen and oxygen atoms in total. The Bertz CT molecular complexity index is 612. The van der Waals surface area contributed by atoms with Crippen LogP contribution in [0.15, 0.2) is 18.2 Å². The first-order valence-corrected chi connectivity index (χ1v) is 11.4. The van der Waals surface area contributed by atoms with Crippen molar-refractivity contribution in [3.8, 4) is 5.75 Å². The molecule has 0 N–H and O–H groups in total. The lowest BCUT2D eigenvalue weighted by atomic mass is 9.94. The number of carbonyl (C=O) groups excluding carboxylic acids is 1. The molecule has 0 aromatic heterocycles. The van der Waals surface area contributed by atoms with Crippen molar-refractivity contribution in [2.45, 2.75) is 63.8 Å². The molecule has 0 heterocycles. The van der Waals surface area contributed by atoms with Gasteiger partial charge < -0.3 is 13.9 Å². The second kappa shape index (κ2) is 6.52. The Balaban J connectivity index is 2.26. The molecule has 0 radical (unpaired) electrons. The van der Waals surface area contributed by atoms with Crippen LogP contribution in [-0.2, 0) is 26.0 Å². The predicted molar refractivity (Wildman–Crippen MR) is 97.9 cm³/mol. The molecule has 0 spiro atoms. The van der Waals surface area contributed by atoms with Crippen LogP contribution in [0.5, 0.6) is 5.75 Å². The maximum atomic E-state index is 12.1. The van der Waals surface area contributed by atoms with Crippen molar-refractivity contribution in [3.05, 3.63) is 29.3 Å². The number of esters is 1. The summed E-state index contributed by atoms with van der Waals surface area (Å²) >= 11 is 0. The highest BCUT2D eigenvalue weighted by atomic mass is 28.4. The van der Waals surface area contributed by atoms with E-state index < -0.39 is 13.7 Å². The van der Waals surface area contributed by atoms with E-state index in [2.05, 4.69) is 39.9 Å². The van der Waals surface area contributed by atoms with Crippen LogP contribution in [0.25, 0.3) is 0 Å². The summed E-state index contributed by atoms with van der Waals surface area (Å²) in [5, 5.41) is 0.154. The minimum atomic E-state index is -1.85. The SMILES string of the molecule is COC(=O)C1(c2ccc(OC)c(CO[Si](C)(C)C(C)(C)C)c2)CC1. The molecule has 0 atom stereocenters. The van der Waals surface area contributed by atoms with E-state index in [0.717, 1.165) is 29.7 Å². The Morgan fingerprint density at radius 1 is 1.21 bits per heavy atom. The van der Waals surface area contributed by atoms with Gasteiger partial charge in [-0.2, -0.15) is 0 Å². The van der Waals surface area contributed by atoms with Crippen LogP contribution in [0.2, 0.25) is 18.1 Å². The lowest BCUT2D eigenvalue weighted by Gasteiger charge is -2.36. The minimum Gasteiger partial charge on any atom is -0.496 e. The Morgan fingerprint density at radius 3 is 2.29 bits per heavy atom. The molecule has 0 saturated heterocycles. The zero-order chi connectivity index (χ0) is 18.2. The van der Waals surface area contributed by atoms with Gasteiger partial charge in [-0.15, -0.1) is 0 Å². The first-order chi connectivity index (χ1) is 11.1. The van der Waals surface area contributed by atoms with E-state index in [1.807, 2.05) is 12.1 Å². The van der Waals surface area contributed by atoms with Crippen LogP contribution in [-0.4, -0.2) is 28.5 Å². The molecule has 24 heavy (non-hydrogen) atoms. The van der Waals surface area contributed by atoms with Gasteiger partial charge in [0.15, 0.2) is 8.32 Å². The van der Waals surface area contributed by atoms with Gasteiger partial charge in [0.1, 0.15) is 5.75 Å². The molecule has 1 aromatic carbocycles. The van der Waals surface area contributed by atoms with Gasteiger partial charge in [0.2, 0.25) is 0 Å². The summed E-state index contributed by atoms with van der Waals surface area (Å²) in [6, 6.07) is 5.96. The van der Waals surface area contributed by atoms with E-state index >= 15 is 0 Å². The van der Waals surface area contributed by atoms with Crippen molar-refractivity contribution in [2.75, 3.05) is 14.2 Å². The van der Waals surface area contributed by atoms with Gasteiger partial charge in [0.25, 0.3) is 0 Å². The average Bonchev–Trinajstić information content (AvgIpc) is 3.32. The summed E-state index contributed by atoms with van der Waals surface area (Å²) in [5.41, 5.74) is 1.53. The topological polar surface area (TPSA) is 44.8 Å². The Hall–Kier alpha value is -1.33. The zero-order valence-corrected chi connectivity index (χ0v) is 17.0. The van der Waals surface area contributed by atoms with E-state index in [0.29, 0.717) is 6.61 Å². The van der Waals surface area contributed by atoms with Gasteiger partial charge in [0.05, 0.1) is 26.2 Å². The van der Waals surface area contributed by atoms with Crippen LogP contribution in [0, 0.1) is 0 Å². The molecule has 0 aliphatic heterocycles. The Morgan fingerprint density at radius 2 is 1.83 bits per heavy atom. The summed E-state index contributed by atoms with van der Waals surface area (Å²) < 4.78 is 16.8. The fraction of sp³-hybridized carbons (Fsp3) is 0.632. The molecule has 0 amide bonds. The second-order valence-corrected chi connectivity index (χ2v) is 13.0. The first kappa shape index (κ1) is 19.0. The molecule has 2 rings (SSSR count). The van der Waals surface area contributed by atoms with Crippen molar-refractivity contribution in [1.29, 1.82) is 0 Å². The molecule has 134 valence electrons. The molecule has 5 heteroatoms. The smallest absolute Gasteiger partial charge is 0.316 e. The van der Waals surface area contributed by atoms with E-state index in [1.165, 1.54) is 7.11 Å². The van der Waals surface area contributed by atoms with Crippen LogP contribution < -0.4 is 4.74 Å². The monoisotopic (exact) mass is 350 g/mol. The van der Waals surface area contributed by atoms with Gasteiger partial charge in [-0.25, -0.2) is 0 Å². The third-order valence-electron chi connectivity index (χ3n) is 5.55. The lowest BCUT2D eigenvalue weighted by molar-refractivity contribution is -0.143. The highest BCUT2D eigenvalue weighted by Crippen LogP contribution is 2.50. The van der Waals surface area contributed by atoms with Crippen LogP contribution >= 0.6 is 0 Å².